The van der Waals surface area contributed by atoms with E-state index >= 15 is 0 Å². The van der Waals surface area contributed by atoms with Crippen LogP contribution in [0.1, 0.15) is 16.7 Å². The van der Waals surface area contributed by atoms with E-state index in [2.05, 4.69) is 37.6 Å². The second kappa shape index (κ2) is 8.14. The number of thiazole rings is 1. The first-order chi connectivity index (χ1) is 13.4. The molecule has 142 valence electrons. The van der Waals surface area contributed by atoms with Gasteiger partial charge < -0.3 is 4.57 Å². The molecule has 3 rings (SSSR count). The van der Waals surface area contributed by atoms with Crippen molar-refractivity contribution < 1.29 is 9.72 Å². The Kier molecular flexibility index (Phi) is 5.65. The number of non-ortho nitro benzene ring substituents is 1. The largest absolute Gasteiger partial charge is 0.312 e. The molecule has 1 heterocycles. The zero-order chi connectivity index (χ0) is 20.3. The molecule has 0 bridgehead atoms. The van der Waals surface area contributed by atoms with Crippen molar-refractivity contribution in [1.29, 1.82) is 0 Å². The van der Waals surface area contributed by atoms with E-state index in [0.717, 1.165) is 10.2 Å². The Morgan fingerprint density at radius 1 is 1.25 bits per heavy atom. The molecule has 0 spiro atoms. The van der Waals surface area contributed by atoms with Gasteiger partial charge in [0.25, 0.3) is 11.6 Å². The van der Waals surface area contributed by atoms with Crippen LogP contribution >= 0.6 is 11.3 Å². The number of nitro groups is 1. The smallest absolute Gasteiger partial charge is 0.272 e. The summed E-state index contributed by atoms with van der Waals surface area (Å²) in [4.78, 5) is 27.4. The summed E-state index contributed by atoms with van der Waals surface area (Å²) >= 11 is 1.46. The van der Waals surface area contributed by atoms with Gasteiger partial charge in [-0.25, -0.2) is 0 Å². The summed E-state index contributed by atoms with van der Waals surface area (Å²) in [5.74, 6) is -0.392. The summed E-state index contributed by atoms with van der Waals surface area (Å²) in [5, 5.41) is 10.7. The normalized spacial score (nSPS) is 12.0. The van der Waals surface area contributed by atoms with Crippen LogP contribution in [0, 0.1) is 24.0 Å². The monoisotopic (exact) mass is 393 g/mol. The molecular formula is C21H19N3O3S. The molecule has 1 aromatic heterocycles. The molecule has 3 aromatic rings. The van der Waals surface area contributed by atoms with Gasteiger partial charge in [-0.15, -0.1) is 6.58 Å². The summed E-state index contributed by atoms with van der Waals surface area (Å²) in [7, 11) is 0. The van der Waals surface area contributed by atoms with Crippen molar-refractivity contribution in [1.82, 2.24) is 4.57 Å². The fourth-order valence-electron chi connectivity index (χ4n) is 2.72. The molecule has 7 heteroatoms. The van der Waals surface area contributed by atoms with Crippen LogP contribution in [-0.2, 0) is 11.3 Å². The minimum atomic E-state index is -0.461. The first-order valence-electron chi connectivity index (χ1n) is 8.62. The second-order valence-corrected chi connectivity index (χ2v) is 7.33. The van der Waals surface area contributed by atoms with Gasteiger partial charge in [-0.3, -0.25) is 14.9 Å². The van der Waals surface area contributed by atoms with E-state index in [0.29, 0.717) is 16.9 Å². The molecule has 0 aliphatic rings. The van der Waals surface area contributed by atoms with Gasteiger partial charge in [0, 0.05) is 24.8 Å². The van der Waals surface area contributed by atoms with Gasteiger partial charge in [0.2, 0.25) is 0 Å². The van der Waals surface area contributed by atoms with Crippen LogP contribution in [0.4, 0.5) is 5.69 Å². The highest BCUT2D eigenvalue weighted by atomic mass is 32.1. The van der Waals surface area contributed by atoms with Crippen molar-refractivity contribution in [2.24, 2.45) is 4.99 Å². The number of aryl methyl sites for hydroxylation is 2. The Balaban J connectivity index is 1.94. The number of carbonyl (C=O) groups is 1. The Bertz CT molecular complexity index is 1170. The lowest BCUT2D eigenvalue weighted by molar-refractivity contribution is -0.384. The van der Waals surface area contributed by atoms with Crippen LogP contribution in [0.5, 0.6) is 0 Å². The number of nitro benzene ring substituents is 1. The van der Waals surface area contributed by atoms with E-state index < -0.39 is 10.8 Å². The zero-order valence-electron chi connectivity index (χ0n) is 15.6. The minimum absolute atomic E-state index is 0.00879. The first kappa shape index (κ1) is 19.4. The number of hydrogen-bond acceptors (Lipinski definition) is 4. The van der Waals surface area contributed by atoms with E-state index in [9.17, 15) is 14.9 Å². The molecule has 0 aliphatic heterocycles. The Labute approximate surface area is 165 Å². The molecular weight excluding hydrogens is 374 g/mol. The van der Waals surface area contributed by atoms with Gasteiger partial charge >= 0.3 is 0 Å². The fraction of sp³-hybridized carbons (Fsp3) is 0.143. The van der Waals surface area contributed by atoms with Gasteiger partial charge in [-0.2, -0.15) is 4.99 Å². The summed E-state index contributed by atoms with van der Waals surface area (Å²) in [6.45, 7) is 8.46. The first-order valence-corrected chi connectivity index (χ1v) is 9.43. The second-order valence-electron chi connectivity index (χ2n) is 6.32. The van der Waals surface area contributed by atoms with Crippen molar-refractivity contribution in [2.75, 3.05) is 0 Å². The molecule has 0 saturated heterocycles. The highest BCUT2D eigenvalue weighted by molar-refractivity contribution is 7.16. The number of benzene rings is 2. The Morgan fingerprint density at radius 2 is 1.93 bits per heavy atom. The van der Waals surface area contributed by atoms with Gasteiger partial charge in [-0.1, -0.05) is 17.4 Å². The number of amides is 1. The number of allylic oxidation sites excluding steroid dienone is 1. The highest BCUT2D eigenvalue weighted by Crippen LogP contribution is 2.22. The van der Waals surface area contributed by atoms with Crippen molar-refractivity contribution in [3.8, 4) is 0 Å². The predicted octanol–water partition coefficient (Wildman–Crippen LogP) is 4.55. The molecule has 0 saturated carbocycles. The van der Waals surface area contributed by atoms with Gasteiger partial charge in [0.15, 0.2) is 4.80 Å². The van der Waals surface area contributed by atoms with Gasteiger partial charge in [-0.05, 0) is 60.9 Å². The SMILES string of the molecule is C=CCn1c(=NC(=O)/C=C\c2ccc([N+](=O)[O-])cc2)sc2cc(C)c(C)cc21. The van der Waals surface area contributed by atoms with Gasteiger partial charge in [0.05, 0.1) is 15.1 Å². The molecule has 0 fully saturated rings. The van der Waals surface area contributed by atoms with E-state index in [1.807, 2.05) is 4.57 Å². The molecule has 0 atom stereocenters. The molecule has 0 N–H and O–H groups in total. The van der Waals surface area contributed by atoms with Crippen LogP contribution < -0.4 is 4.80 Å². The summed E-state index contributed by atoms with van der Waals surface area (Å²) in [6, 6.07) is 10.2. The maximum atomic E-state index is 12.3. The number of nitrogens with zero attached hydrogens (tertiary/aromatic N) is 3. The molecule has 2 aromatic carbocycles. The topological polar surface area (TPSA) is 77.5 Å². The molecule has 6 nitrogen and oxygen atoms in total. The maximum Gasteiger partial charge on any atom is 0.272 e. The zero-order valence-corrected chi connectivity index (χ0v) is 16.4. The average Bonchev–Trinajstić information content (AvgIpc) is 2.97. The third-order valence-corrected chi connectivity index (χ3v) is 5.38. The average molecular weight is 393 g/mol. The van der Waals surface area contributed by atoms with Crippen molar-refractivity contribution in [3.05, 3.63) is 86.7 Å². The summed E-state index contributed by atoms with van der Waals surface area (Å²) in [5.41, 5.74) is 4.10. The lowest BCUT2D eigenvalue weighted by Gasteiger charge is -2.03. The molecule has 1 amide bonds. The number of fused-ring (bicyclic) bond motifs is 1. The van der Waals surface area contributed by atoms with Crippen molar-refractivity contribution in [3.63, 3.8) is 0 Å². The predicted molar refractivity (Wildman–Crippen MR) is 112 cm³/mol. The van der Waals surface area contributed by atoms with E-state index in [-0.39, 0.29) is 5.69 Å². The number of hydrogen-bond donors (Lipinski definition) is 0. The lowest BCUT2D eigenvalue weighted by atomic mass is 10.1. The third-order valence-electron chi connectivity index (χ3n) is 4.34. The van der Waals surface area contributed by atoms with E-state index in [4.69, 9.17) is 0 Å². The number of rotatable bonds is 5. The standard InChI is InChI=1S/C21H19N3O3S/c1-4-11-23-18-12-14(2)15(3)13-19(18)28-21(23)22-20(25)10-7-16-5-8-17(9-6-16)24(26)27/h4-10,12-13H,1,11H2,2-3H3/b10-7-,22-21?. The van der Waals surface area contributed by atoms with E-state index in [1.165, 1.54) is 40.7 Å². The number of carbonyl (C=O) groups excluding carboxylic acids is 1. The lowest BCUT2D eigenvalue weighted by Crippen LogP contribution is -2.15. The van der Waals surface area contributed by atoms with E-state index in [1.54, 1.807) is 24.3 Å². The maximum absolute atomic E-state index is 12.3. The Hall–Kier alpha value is -3.32. The van der Waals surface area contributed by atoms with Crippen LogP contribution in [0.25, 0.3) is 16.3 Å². The van der Waals surface area contributed by atoms with Gasteiger partial charge in [0.1, 0.15) is 0 Å². The van der Waals surface area contributed by atoms with Crippen LogP contribution in [0.2, 0.25) is 0 Å². The highest BCUT2D eigenvalue weighted by Gasteiger charge is 2.08. The number of aromatic nitrogens is 1. The molecule has 0 unspecified atom stereocenters. The van der Waals surface area contributed by atoms with Crippen LogP contribution in [-0.4, -0.2) is 15.4 Å². The quantitative estimate of drug-likeness (QED) is 0.276. The Morgan fingerprint density at radius 3 is 2.57 bits per heavy atom. The van der Waals surface area contributed by atoms with Crippen molar-refractivity contribution >= 4 is 39.2 Å². The van der Waals surface area contributed by atoms with Crippen molar-refractivity contribution in [2.45, 2.75) is 20.4 Å². The summed E-state index contributed by atoms with van der Waals surface area (Å²) in [6.07, 6.45) is 4.73. The fourth-order valence-corrected chi connectivity index (χ4v) is 3.84. The third kappa shape index (κ3) is 4.15. The molecule has 0 aliphatic carbocycles. The van der Waals surface area contributed by atoms with Crippen LogP contribution in [0.3, 0.4) is 0 Å². The van der Waals surface area contributed by atoms with Crippen LogP contribution in [0.15, 0.2) is 60.1 Å². The molecule has 0 radical (unpaired) electrons. The minimum Gasteiger partial charge on any atom is -0.312 e. The summed E-state index contributed by atoms with van der Waals surface area (Å²) < 4.78 is 3.03. The molecule has 28 heavy (non-hydrogen) atoms.